The van der Waals surface area contributed by atoms with Crippen LogP contribution >= 0.6 is 0 Å². The van der Waals surface area contributed by atoms with E-state index in [9.17, 15) is 0 Å². The fourth-order valence-corrected chi connectivity index (χ4v) is 2.55. The third-order valence-electron chi connectivity index (χ3n) is 3.86. The van der Waals surface area contributed by atoms with Crippen LogP contribution in [-0.2, 0) is 21.5 Å². The molecule has 0 aromatic carbocycles. The van der Waals surface area contributed by atoms with E-state index in [0.717, 1.165) is 37.1 Å². The van der Waals surface area contributed by atoms with E-state index >= 15 is 0 Å². The number of hydrogen-bond donors (Lipinski definition) is 1. The average molecular weight is 279 g/mol. The lowest BCUT2D eigenvalue weighted by Gasteiger charge is -2.35. The van der Waals surface area contributed by atoms with Gasteiger partial charge in [0.05, 0.1) is 0 Å². The largest absolute Gasteiger partial charge is 0.381 e. The monoisotopic (exact) mass is 279 g/mol. The van der Waals surface area contributed by atoms with E-state index in [0.29, 0.717) is 19.8 Å². The van der Waals surface area contributed by atoms with Gasteiger partial charge in [-0.3, -0.25) is 0 Å². The first-order valence-corrected chi connectivity index (χ1v) is 7.49. The first-order chi connectivity index (χ1) is 9.70. The van der Waals surface area contributed by atoms with Crippen molar-refractivity contribution in [1.29, 1.82) is 0 Å². The summed E-state index contributed by atoms with van der Waals surface area (Å²) in [5, 5.41) is 0. The molecule has 5 heteroatoms. The van der Waals surface area contributed by atoms with Gasteiger partial charge in [-0.2, -0.15) is 0 Å². The highest BCUT2D eigenvalue weighted by Gasteiger charge is 2.37. The maximum atomic E-state index is 5.97. The molecular weight excluding hydrogens is 254 g/mol. The van der Waals surface area contributed by atoms with Crippen molar-refractivity contribution in [2.24, 2.45) is 5.73 Å². The first kappa shape index (κ1) is 15.4. The summed E-state index contributed by atoms with van der Waals surface area (Å²) < 4.78 is 11.4. The molecule has 2 N–H and O–H groups in total. The summed E-state index contributed by atoms with van der Waals surface area (Å²) in [6.07, 6.45) is 7.18. The molecule has 1 fully saturated rings. The van der Waals surface area contributed by atoms with Gasteiger partial charge in [0, 0.05) is 51.1 Å². The van der Waals surface area contributed by atoms with Crippen molar-refractivity contribution >= 4 is 0 Å². The molecule has 5 nitrogen and oxygen atoms in total. The average Bonchev–Trinajstić information content (AvgIpc) is 2.49. The molecule has 2 heterocycles. The summed E-state index contributed by atoms with van der Waals surface area (Å²) in [4.78, 5) is 9.07. The molecule has 0 saturated carbocycles. The highest BCUT2D eigenvalue weighted by Crippen LogP contribution is 2.33. The molecule has 1 aromatic heterocycles. The Morgan fingerprint density at radius 3 is 2.50 bits per heavy atom. The van der Waals surface area contributed by atoms with E-state index < -0.39 is 0 Å². The predicted molar refractivity (Wildman–Crippen MR) is 77.4 cm³/mol. The van der Waals surface area contributed by atoms with E-state index in [-0.39, 0.29) is 11.6 Å². The van der Waals surface area contributed by atoms with Crippen molar-refractivity contribution in [3.8, 4) is 0 Å². The third-order valence-corrected chi connectivity index (χ3v) is 3.86. The Balaban J connectivity index is 2.13. The standard InChI is InChI=1S/C15H25N3O2/c1-3-13(16)9-12-10-17-14(18-11-12)15(20-4-2)5-7-19-8-6-15/h10-11,13H,3-9,16H2,1-2H3. The van der Waals surface area contributed by atoms with E-state index in [4.69, 9.17) is 15.2 Å². The van der Waals surface area contributed by atoms with E-state index in [1.54, 1.807) is 0 Å². The molecule has 1 unspecified atom stereocenters. The van der Waals surface area contributed by atoms with Crippen LogP contribution in [0.25, 0.3) is 0 Å². The number of nitrogens with two attached hydrogens (primary N) is 1. The van der Waals surface area contributed by atoms with Gasteiger partial charge in [-0.05, 0) is 25.3 Å². The van der Waals surface area contributed by atoms with Crippen LogP contribution in [0.2, 0.25) is 0 Å². The minimum absolute atomic E-state index is 0.174. The predicted octanol–water partition coefficient (Wildman–Crippen LogP) is 1.80. The smallest absolute Gasteiger partial charge is 0.160 e. The van der Waals surface area contributed by atoms with Gasteiger partial charge in [0.25, 0.3) is 0 Å². The molecule has 2 rings (SSSR count). The van der Waals surface area contributed by atoms with E-state index in [1.165, 1.54) is 0 Å². The summed E-state index contributed by atoms with van der Waals surface area (Å²) in [6.45, 7) is 6.15. The summed E-state index contributed by atoms with van der Waals surface area (Å²) in [6, 6.07) is 0.174. The van der Waals surface area contributed by atoms with Crippen LogP contribution in [0.15, 0.2) is 12.4 Å². The second-order valence-corrected chi connectivity index (χ2v) is 5.33. The van der Waals surface area contributed by atoms with Gasteiger partial charge in [-0.25, -0.2) is 9.97 Å². The van der Waals surface area contributed by atoms with Crippen LogP contribution in [0.1, 0.15) is 44.5 Å². The van der Waals surface area contributed by atoms with E-state index in [2.05, 4.69) is 16.9 Å². The van der Waals surface area contributed by atoms with Crippen LogP contribution < -0.4 is 5.73 Å². The SMILES string of the molecule is CCOC1(c2ncc(CC(N)CC)cn2)CCOCC1. The Morgan fingerprint density at radius 2 is 1.95 bits per heavy atom. The Kier molecular flexibility index (Phi) is 5.46. The highest BCUT2D eigenvalue weighted by atomic mass is 16.5. The molecule has 0 aliphatic carbocycles. The summed E-state index contributed by atoms with van der Waals surface area (Å²) in [7, 11) is 0. The number of rotatable bonds is 6. The molecule has 1 aromatic rings. The molecule has 0 amide bonds. The number of aromatic nitrogens is 2. The van der Waals surface area contributed by atoms with Gasteiger partial charge in [0.15, 0.2) is 5.82 Å². The second kappa shape index (κ2) is 7.11. The van der Waals surface area contributed by atoms with Gasteiger partial charge in [0.2, 0.25) is 0 Å². The zero-order chi connectivity index (χ0) is 14.4. The number of hydrogen-bond acceptors (Lipinski definition) is 5. The normalized spacial score (nSPS) is 19.8. The maximum absolute atomic E-state index is 5.97. The van der Waals surface area contributed by atoms with Crippen molar-refractivity contribution in [3.05, 3.63) is 23.8 Å². The summed E-state index contributed by atoms with van der Waals surface area (Å²) >= 11 is 0. The van der Waals surface area contributed by atoms with Gasteiger partial charge in [-0.1, -0.05) is 6.92 Å². The Labute approximate surface area is 120 Å². The highest BCUT2D eigenvalue weighted by molar-refractivity contribution is 5.11. The van der Waals surface area contributed by atoms with Crippen molar-refractivity contribution in [2.45, 2.75) is 51.2 Å². The van der Waals surface area contributed by atoms with Crippen LogP contribution in [0, 0.1) is 0 Å². The van der Waals surface area contributed by atoms with Crippen LogP contribution in [-0.4, -0.2) is 35.8 Å². The molecule has 0 radical (unpaired) electrons. The lowest BCUT2D eigenvalue weighted by molar-refractivity contribution is -0.117. The van der Waals surface area contributed by atoms with Gasteiger partial charge in [-0.15, -0.1) is 0 Å². The summed E-state index contributed by atoms with van der Waals surface area (Å²) in [5.74, 6) is 0.775. The maximum Gasteiger partial charge on any atom is 0.160 e. The first-order valence-electron chi connectivity index (χ1n) is 7.49. The minimum Gasteiger partial charge on any atom is -0.381 e. The summed E-state index contributed by atoms with van der Waals surface area (Å²) in [5.41, 5.74) is 6.67. The van der Waals surface area contributed by atoms with Crippen molar-refractivity contribution < 1.29 is 9.47 Å². The van der Waals surface area contributed by atoms with Gasteiger partial charge >= 0.3 is 0 Å². The van der Waals surface area contributed by atoms with Crippen molar-refractivity contribution in [1.82, 2.24) is 9.97 Å². The second-order valence-electron chi connectivity index (χ2n) is 5.33. The third kappa shape index (κ3) is 3.53. The van der Waals surface area contributed by atoms with Gasteiger partial charge in [0.1, 0.15) is 5.60 Å². The fourth-order valence-electron chi connectivity index (χ4n) is 2.55. The zero-order valence-electron chi connectivity index (χ0n) is 12.5. The lowest BCUT2D eigenvalue weighted by Crippen LogP contribution is -2.38. The molecular formula is C15H25N3O2. The lowest BCUT2D eigenvalue weighted by atomic mass is 9.92. The Hall–Kier alpha value is -1.04. The van der Waals surface area contributed by atoms with Crippen molar-refractivity contribution in [3.63, 3.8) is 0 Å². The number of nitrogens with zero attached hydrogens (tertiary/aromatic N) is 2. The van der Waals surface area contributed by atoms with Crippen LogP contribution in [0.4, 0.5) is 0 Å². The molecule has 1 aliphatic rings. The molecule has 1 atom stereocenters. The molecule has 1 aliphatic heterocycles. The number of ether oxygens (including phenoxy) is 2. The molecule has 0 bridgehead atoms. The minimum atomic E-state index is -0.377. The Morgan fingerprint density at radius 1 is 1.30 bits per heavy atom. The van der Waals surface area contributed by atoms with Crippen molar-refractivity contribution in [2.75, 3.05) is 19.8 Å². The molecule has 1 saturated heterocycles. The molecule has 0 spiro atoms. The Bertz CT molecular complexity index is 397. The zero-order valence-corrected chi connectivity index (χ0v) is 12.5. The van der Waals surface area contributed by atoms with Crippen LogP contribution in [0.5, 0.6) is 0 Å². The fraction of sp³-hybridized carbons (Fsp3) is 0.733. The quantitative estimate of drug-likeness (QED) is 0.859. The topological polar surface area (TPSA) is 70.3 Å². The van der Waals surface area contributed by atoms with E-state index in [1.807, 2.05) is 19.3 Å². The van der Waals surface area contributed by atoms with Crippen LogP contribution in [0.3, 0.4) is 0 Å². The molecule has 112 valence electrons. The van der Waals surface area contributed by atoms with Gasteiger partial charge < -0.3 is 15.2 Å². The molecule has 20 heavy (non-hydrogen) atoms.